The molecular weight excluding hydrogens is 779 g/mol. The maximum atomic E-state index is 11.0. The number of ether oxygens (including phenoxy) is 5. The molecule has 1 radical (unpaired) electrons. The molecule has 0 fully saturated rings. The summed E-state index contributed by atoms with van der Waals surface area (Å²) in [5, 5.41) is 61.2. The van der Waals surface area contributed by atoms with Gasteiger partial charge in [0.1, 0.15) is 6.17 Å². The van der Waals surface area contributed by atoms with Gasteiger partial charge < -0.3 is 49.4 Å². The molecule has 60 heavy (non-hydrogen) atoms. The summed E-state index contributed by atoms with van der Waals surface area (Å²) in [5.74, 6) is 3.16. The van der Waals surface area contributed by atoms with Crippen LogP contribution in [-0.2, 0) is 23.7 Å². The monoisotopic (exact) mass is 867 g/mol. The SMILES string of the molecule is CCCCNC#CC[N]N(CCCOC)N(CCCO)N(CCCOC)N(C(CCO)N(CCCOC)N(CCCOC)N(CCCO)NCCCO)N(C)CCCOC. The van der Waals surface area contributed by atoms with Gasteiger partial charge in [0.05, 0.1) is 6.54 Å². The average Bonchev–Trinajstić information content (AvgIpc) is 3.25. The molecule has 0 spiro atoms. The lowest BCUT2D eigenvalue weighted by molar-refractivity contribution is -0.390. The van der Waals surface area contributed by atoms with Crippen molar-refractivity contribution in [3.05, 3.63) is 0 Å². The van der Waals surface area contributed by atoms with E-state index in [1.807, 2.05) is 17.3 Å². The summed E-state index contributed by atoms with van der Waals surface area (Å²) in [6, 6.07) is 3.05. The van der Waals surface area contributed by atoms with E-state index in [4.69, 9.17) is 29.1 Å². The van der Waals surface area contributed by atoms with E-state index in [1.54, 1.807) is 35.5 Å². The topological polar surface area (TPSA) is 191 Å². The molecule has 0 aromatic heterocycles. The van der Waals surface area contributed by atoms with Crippen LogP contribution in [0.15, 0.2) is 0 Å². The van der Waals surface area contributed by atoms with E-state index in [1.165, 1.54) is 0 Å². The predicted octanol–water partition coefficient (Wildman–Crippen LogP) is -0.0650. The van der Waals surface area contributed by atoms with Crippen molar-refractivity contribution in [2.75, 3.05) is 168 Å². The van der Waals surface area contributed by atoms with Crippen LogP contribution in [0.5, 0.6) is 0 Å². The molecule has 0 aliphatic carbocycles. The van der Waals surface area contributed by atoms with Crippen LogP contribution in [0.3, 0.4) is 0 Å². The Balaban J connectivity index is 7.94. The molecule has 20 heteroatoms. The zero-order chi connectivity index (χ0) is 44.5. The van der Waals surface area contributed by atoms with E-state index in [9.17, 15) is 20.4 Å². The van der Waals surface area contributed by atoms with Crippen molar-refractivity contribution in [3.63, 3.8) is 0 Å². The molecule has 0 amide bonds. The number of hydrazine groups is 7. The first kappa shape index (κ1) is 58.6. The van der Waals surface area contributed by atoms with Crippen LogP contribution in [-0.4, -0.2) is 235 Å². The molecule has 20 nitrogen and oxygen atoms in total. The van der Waals surface area contributed by atoms with Crippen molar-refractivity contribution in [2.45, 2.75) is 83.7 Å². The highest BCUT2D eigenvalue weighted by Crippen LogP contribution is 2.24. The summed E-state index contributed by atoms with van der Waals surface area (Å²) in [5.41, 5.74) is 8.55. The van der Waals surface area contributed by atoms with Gasteiger partial charge in [-0.25, -0.2) is 15.4 Å². The van der Waals surface area contributed by atoms with Crippen LogP contribution in [0.25, 0.3) is 0 Å². The van der Waals surface area contributed by atoms with Gasteiger partial charge in [-0.3, -0.25) is 0 Å². The van der Waals surface area contributed by atoms with Crippen molar-refractivity contribution in [2.24, 2.45) is 0 Å². The van der Waals surface area contributed by atoms with E-state index in [0.29, 0.717) is 137 Å². The molecule has 357 valence electrons. The van der Waals surface area contributed by atoms with E-state index >= 15 is 0 Å². The van der Waals surface area contributed by atoms with E-state index in [0.717, 1.165) is 25.8 Å². The van der Waals surface area contributed by atoms with Crippen LogP contribution in [0, 0.1) is 12.0 Å². The quantitative estimate of drug-likeness (QED) is 0.0157. The zero-order valence-electron chi connectivity index (χ0n) is 38.6. The largest absolute Gasteiger partial charge is 0.396 e. The maximum absolute atomic E-state index is 11.0. The number of hydrogen-bond donors (Lipinski definition) is 6. The first-order valence-corrected chi connectivity index (χ1v) is 22.0. The molecule has 1 unspecified atom stereocenters. The average molecular weight is 867 g/mol. The van der Waals surface area contributed by atoms with Crippen LogP contribution < -0.4 is 16.2 Å². The third-order valence-corrected chi connectivity index (χ3v) is 9.20. The van der Waals surface area contributed by atoms with Crippen LogP contribution >= 0.6 is 0 Å². The van der Waals surface area contributed by atoms with E-state index < -0.39 is 6.17 Å². The first-order chi connectivity index (χ1) is 29.4. The lowest BCUT2D eigenvalue weighted by Gasteiger charge is -2.55. The highest BCUT2D eigenvalue weighted by molar-refractivity contribution is 4.98. The zero-order valence-corrected chi connectivity index (χ0v) is 38.6. The molecule has 0 aliphatic heterocycles. The molecule has 6 N–H and O–H groups in total. The second-order valence-corrected chi connectivity index (χ2v) is 14.1. The summed E-state index contributed by atoms with van der Waals surface area (Å²) < 4.78 is 27.8. The fourth-order valence-corrected chi connectivity index (χ4v) is 6.30. The predicted molar refractivity (Wildman–Crippen MR) is 233 cm³/mol. The third-order valence-electron chi connectivity index (χ3n) is 9.20. The highest BCUT2D eigenvalue weighted by Gasteiger charge is 2.40. The molecule has 0 aliphatic rings. The molecule has 0 saturated carbocycles. The molecule has 1 atom stereocenters. The summed E-state index contributed by atoms with van der Waals surface area (Å²) in [4.78, 5) is 0. The van der Waals surface area contributed by atoms with Gasteiger partial charge in [0.25, 0.3) is 0 Å². The first-order valence-electron chi connectivity index (χ1n) is 22.0. The van der Waals surface area contributed by atoms with E-state index in [2.05, 4.69) is 60.1 Å². The molecule has 0 rings (SSSR count). The molecular formula is C40H88N11O9. The number of rotatable bonds is 45. The van der Waals surface area contributed by atoms with Crippen LogP contribution in [0.1, 0.15) is 77.6 Å². The van der Waals surface area contributed by atoms with Crippen LogP contribution in [0.4, 0.5) is 0 Å². The molecule has 0 bridgehead atoms. The maximum Gasteiger partial charge on any atom is 0.110 e. The van der Waals surface area contributed by atoms with Crippen molar-refractivity contribution >= 4 is 0 Å². The Morgan fingerprint density at radius 2 is 1.10 bits per heavy atom. The van der Waals surface area contributed by atoms with Crippen LogP contribution in [0.2, 0.25) is 0 Å². The Morgan fingerprint density at radius 1 is 0.567 bits per heavy atom. The Morgan fingerprint density at radius 3 is 1.67 bits per heavy atom. The molecule has 0 aromatic carbocycles. The van der Waals surface area contributed by atoms with Crippen molar-refractivity contribution in [1.29, 1.82) is 0 Å². The number of hydrogen-bond acceptors (Lipinski definition) is 19. The van der Waals surface area contributed by atoms with Gasteiger partial charge in [-0.2, -0.15) is 10.2 Å². The number of aliphatic hydroxyl groups excluding tert-OH is 4. The number of methoxy groups -OCH3 is 5. The highest BCUT2D eigenvalue weighted by atomic mass is 16.5. The minimum absolute atomic E-state index is 0.00310. The summed E-state index contributed by atoms with van der Waals surface area (Å²) in [6.07, 6.45) is 6.86. The summed E-state index contributed by atoms with van der Waals surface area (Å²) in [7, 11) is 10.5. The number of unbranched alkanes of at least 4 members (excludes halogenated alkanes) is 1. The number of nitrogens with one attached hydrogen (secondary N) is 2. The van der Waals surface area contributed by atoms with Gasteiger partial charge in [-0.05, 0) is 57.8 Å². The fourth-order valence-electron chi connectivity index (χ4n) is 6.30. The van der Waals surface area contributed by atoms with Gasteiger partial charge in [-0.15, -0.1) is 25.9 Å². The standard InChI is InChI=1S/C40H88N11O9/c1-8-9-20-41-21-10-22-42-47(27-16-37-58-5)49(28-13-33-54)50(30-18-39-60-7)51(44(2)24-14-35-56-3)40(19-34-55)45(25-15-36-57-4)48(29-17-38-59-6)46(26-12-32-53)43-23-11-31-52/h40-41,43,52-55H,8-9,11-20,22-39H2,1-7H3. The Bertz CT molecular complexity index is 980. The normalized spacial score (nSPS) is 12.7. The Labute approximate surface area is 363 Å². The van der Waals surface area contributed by atoms with Crippen molar-refractivity contribution in [1.82, 2.24) is 56.9 Å². The smallest absolute Gasteiger partial charge is 0.110 e. The van der Waals surface area contributed by atoms with Gasteiger partial charge in [0.2, 0.25) is 0 Å². The van der Waals surface area contributed by atoms with Crippen molar-refractivity contribution in [3.8, 4) is 12.0 Å². The second-order valence-electron chi connectivity index (χ2n) is 14.1. The lowest BCUT2D eigenvalue weighted by Crippen LogP contribution is -2.73. The van der Waals surface area contributed by atoms with Gasteiger partial charge in [-0.1, -0.05) is 19.3 Å². The minimum Gasteiger partial charge on any atom is -0.396 e. The number of aliphatic hydroxyl groups is 4. The van der Waals surface area contributed by atoms with Gasteiger partial charge >= 0.3 is 0 Å². The fraction of sp³-hybridized carbons (Fsp3) is 0.950. The molecule has 0 heterocycles. The summed E-state index contributed by atoms with van der Waals surface area (Å²) >= 11 is 0. The van der Waals surface area contributed by atoms with Gasteiger partial charge in [0.15, 0.2) is 0 Å². The molecule has 0 saturated heterocycles. The summed E-state index contributed by atoms with van der Waals surface area (Å²) in [6.45, 7) is 9.77. The Kier molecular flexibility index (Phi) is 41.9. The second kappa shape index (κ2) is 42.9. The third kappa shape index (κ3) is 26.9. The lowest BCUT2D eigenvalue weighted by atomic mass is 10.3. The number of nitrogens with zero attached hydrogens (tertiary/aromatic N) is 9. The van der Waals surface area contributed by atoms with E-state index in [-0.39, 0.29) is 33.0 Å². The van der Waals surface area contributed by atoms with Crippen molar-refractivity contribution < 1.29 is 44.1 Å². The van der Waals surface area contributed by atoms with Gasteiger partial charge in [0, 0.05) is 173 Å². The molecule has 0 aromatic rings. The Hall–Kier alpha value is -1.40. The minimum atomic E-state index is -0.499.